The third-order valence-corrected chi connectivity index (χ3v) is 4.35. The molecule has 0 N–H and O–H groups in total. The molecule has 0 aliphatic carbocycles. The maximum Gasteiger partial charge on any atom is 0.258 e. The van der Waals surface area contributed by atoms with Crippen molar-refractivity contribution in [1.29, 1.82) is 0 Å². The van der Waals surface area contributed by atoms with Crippen molar-refractivity contribution >= 4 is 17.3 Å². The van der Waals surface area contributed by atoms with Crippen LogP contribution in [0, 0.1) is 6.92 Å². The molecular formula is C19H22N2O. The summed E-state index contributed by atoms with van der Waals surface area (Å²) in [5.41, 5.74) is 4.07. The molecule has 0 radical (unpaired) electrons. The lowest BCUT2D eigenvalue weighted by molar-refractivity contribution is 0.0984. The van der Waals surface area contributed by atoms with Crippen LogP contribution in [-0.2, 0) is 0 Å². The van der Waals surface area contributed by atoms with E-state index < -0.39 is 0 Å². The number of para-hydroxylation sites is 2. The van der Waals surface area contributed by atoms with Gasteiger partial charge in [-0.05, 0) is 45.0 Å². The minimum Gasteiger partial charge on any atom is -0.366 e. The van der Waals surface area contributed by atoms with Crippen molar-refractivity contribution in [1.82, 2.24) is 0 Å². The maximum atomic E-state index is 12.9. The molecule has 1 atom stereocenters. The first-order valence-electron chi connectivity index (χ1n) is 7.86. The average Bonchev–Trinajstić information content (AvgIpc) is 2.54. The van der Waals surface area contributed by atoms with Crippen molar-refractivity contribution in [3.8, 4) is 0 Å². The van der Waals surface area contributed by atoms with Crippen LogP contribution in [0.4, 0.5) is 11.4 Å². The van der Waals surface area contributed by atoms with Gasteiger partial charge >= 0.3 is 0 Å². The van der Waals surface area contributed by atoms with Gasteiger partial charge in [0.15, 0.2) is 0 Å². The molecular weight excluding hydrogens is 272 g/mol. The summed E-state index contributed by atoms with van der Waals surface area (Å²) in [4.78, 5) is 17.2. The number of nitrogens with zero attached hydrogens (tertiary/aromatic N) is 2. The van der Waals surface area contributed by atoms with E-state index in [0.717, 1.165) is 30.0 Å². The van der Waals surface area contributed by atoms with E-state index in [0.29, 0.717) is 6.04 Å². The highest BCUT2D eigenvalue weighted by Crippen LogP contribution is 2.35. The van der Waals surface area contributed by atoms with Crippen LogP contribution < -0.4 is 9.80 Å². The van der Waals surface area contributed by atoms with Crippen LogP contribution in [0.25, 0.3) is 0 Å². The summed E-state index contributed by atoms with van der Waals surface area (Å²) in [7, 11) is 0. The monoisotopic (exact) mass is 294 g/mol. The second-order valence-electron chi connectivity index (χ2n) is 5.91. The van der Waals surface area contributed by atoms with Gasteiger partial charge in [0.2, 0.25) is 0 Å². The molecule has 3 nitrogen and oxygen atoms in total. The Bertz CT molecular complexity index is 678. The Balaban J connectivity index is 2.00. The molecule has 3 heteroatoms. The molecule has 1 aliphatic heterocycles. The fraction of sp³-hybridized carbons (Fsp3) is 0.316. The van der Waals surface area contributed by atoms with E-state index in [1.54, 1.807) is 0 Å². The first-order chi connectivity index (χ1) is 10.6. The molecule has 0 saturated carbocycles. The van der Waals surface area contributed by atoms with E-state index in [1.807, 2.05) is 54.3 Å². The standard InChI is InChI=1S/C19H22N2O/c1-4-20-15(3)13-21(18-8-6-5-7-17(18)20)19(22)16-11-9-14(2)10-12-16/h5-12,15H,4,13H2,1-3H3. The van der Waals surface area contributed by atoms with E-state index in [-0.39, 0.29) is 5.91 Å². The van der Waals surface area contributed by atoms with Gasteiger partial charge in [-0.3, -0.25) is 4.79 Å². The molecule has 114 valence electrons. The Kier molecular flexibility index (Phi) is 3.88. The topological polar surface area (TPSA) is 23.6 Å². The smallest absolute Gasteiger partial charge is 0.258 e. The van der Waals surface area contributed by atoms with Crippen LogP contribution in [0.2, 0.25) is 0 Å². The number of carbonyl (C=O) groups excluding carboxylic acids is 1. The van der Waals surface area contributed by atoms with Crippen molar-refractivity contribution in [2.75, 3.05) is 22.9 Å². The van der Waals surface area contributed by atoms with Gasteiger partial charge in [0.1, 0.15) is 0 Å². The van der Waals surface area contributed by atoms with Crippen molar-refractivity contribution in [3.05, 3.63) is 59.7 Å². The van der Waals surface area contributed by atoms with Gasteiger partial charge in [0.25, 0.3) is 5.91 Å². The molecule has 2 aromatic carbocycles. The third kappa shape index (κ3) is 2.47. The van der Waals surface area contributed by atoms with Crippen molar-refractivity contribution in [2.45, 2.75) is 26.8 Å². The summed E-state index contributed by atoms with van der Waals surface area (Å²) in [6.45, 7) is 8.04. The minimum atomic E-state index is 0.0788. The Hall–Kier alpha value is -2.29. The number of carbonyl (C=O) groups is 1. The lowest BCUT2D eigenvalue weighted by atomic mass is 10.1. The predicted octanol–water partition coefficient (Wildman–Crippen LogP) is 3.87. The van der Waals surface area contributed by atoms with E-state index in [2.05, 4.69) is 24.8 Å². The molecule has 2 aromatic rings. The second-order valence-corrected chi connectivity index (χ2v) is 5.91. The minimum absolute atomic E-state index is 0.0788. The maximum absolute atomic E-state index is 12.9. The zero-order valence-electron chi connectivity index (χ0n) is 13.4. The fourth-order valence-corrected chi connectivity index (χ4v) is 3.16. The van der Waals surface area contributed by atoms with Gasteiger partial charge in [-0.25, -0.2) is 0 Å². The SMILES string of the molecule is CCN1c2ccccc2N(C(=O)c2ccc(C)cc2)CC1C. The first-order valence-corrected chi connectivity index (χ1v) is 7.86. The quantitative estimate of drug-likeness (QED) is 0.839. The van der Waals surface area contributed by atoms with Crippen LogP contribution in [0.15, 0.2) is 48.5 Å². The van der Waals surface area contributed by atoms with Crippen molar-refractivity contribution in [2.24, 2.45) is 0 Å². The fourth-order valence-electron chi connectivity index (χ4n) is 3.16. The van der Waals surface area contributed by atoms with Gasteiger partial charge in [0.05, 0.1) is 11.4 Å². The van der Waals surface area contributed by atoms with Crippen LogP contribution >= 0.6 is 0 Å². The van der Waals surface area contributed by atoms with E-state index in [9.17, 15) is 4.79 Å². The van der Waals surface area contributed by atoms with Crippen molar-refractivity contribution < 1.29 is 4.79 Å². The number of benzene rings is 2. The average molecular weight is 294 g/mol. The lowest BCUT2D eigenvalue weighted by Gasteiger charge is -2.42. The van der Waals surface area contributed by atoms with Crippen LogP contribution in [0.1, 0.15) is 29.8 Å². The normalized spacial score (nSPS) is 17.3. The number of fused-ring (bicyclic) bond motifs is 1. The van der Waals surface area contributed by atoms with E-state index in [1.165, 1.54) is 5.56 Å². The van der Waals surface area contributed by atoms with Crippen LogP contribution in [0.5, 0.6) is 0 Å². The number of aryl methyl sites for hydroxylation is 1. The van der Waals surface area contributed by atoms with Gasteiger partial charge in [-0.1, -0.05) is 29.8 Å². The van der Waals surface area contributed by atoms with Crippen molar-refractivity contribution in [3.63, 3.8) is 0 Å². The Morgan fingerprint density at radius 1 is 1.09 bits per heavy atom. The molecule has 0 bridgehead atoms. The van der Waals surface area contributed by atoms with Gasteiger partial charge in [-0.15, -0.1) is 0 Å². The summed E-state index contributed by atoms with van der Waals surface area (Å²) in [5.74, 6) is 0.0788. The summed E-state index contributed by atoms with van der Waals surface area (Å²) >= 11 is 0. The first kappa shape index (κ1) is 14.6. The predicted molar refractivity (Wildman–Crippen MR) is 91.8 cm³/mol. The summed E-state index contributed by atoms with van der Waals surface area (Å²) in [6, 6.07) is 16.3. The number of hydrogen-bond acceptors (Lipinski definition) is 2. The Labute approximate surface area is 132 Å². The molecule has 0 spiro atoms. The molecule has 1 amide bonds. The zero-order valence-corrected chi connectivity index (χ0v) is 13.4. The van der Waals surface area contributed by atoms with Crippen LogP contribution in [0.3, 0.4) is 0 Å². The molecule has 1 unspecified atom stereocenters. The zero-order chi connectivity index (χ0) is 15.7. The Morgan fingerprint density at radius 3 is 2.36 bits per heavy atom. The van der Waals surface area contributed by atoms with Gasteiger partial charge in [-0.2, -0.15) is 0 Å². The van der Waals surface area contributed by atoms with Crippen LogP contribution in [-0.4, -0.2) is 25.0 Å². The molecule has 3 rings (SSSR count). The number of rotatable bonds is 2. The molecule has 0 aromatic heterocycles. The van der Waals surface area contributed by atoms with Gasteiger partial charge < -0.3 is 9.80 Å². The lowest BCUT2D eigenvalue weighted by Crippen LogP contribution is -2.49. The highest BCUT2D eigenvalue weighted by Gasteiger charge is 2.30. The summed E-state index contributed by atoms with van der Waals surface area (Å²) < 4.78 is 0. The number of hydrogen-bond donors (Lipinski definition) is 0. The second kappa shape index (κ2) is 5.84. The number of amides is 1. The largest absolute Gasteiger partial charge is 0.366 e. The van der Waals surface area contributed by atoms with E-state index >= 15 is 0 Å². The van der Waals surface area contributed by atoms with Gasteiger partial charge in [0, 0.05) is 24.7 Å². The summed E-state index contributed by atoms with van der Waals surface area (Å²) in [5, 5.41) is 0. The molecule has 1 heterocycles. The third-order valence-electron chi connectivity index (χ3n) is 4.35. The summed E-state index contributed by atoms with van der Waals surface area (Å²) in [6.07, 6.45) is 0. The highest BCUT2D eigenvalue weighted by atomic mass is 16.2. The number of anilines is 2. The highest BCUT2D eigenvalue weighted by molar-refractivity contribution is 6.08. The number of likely N-dealkylation sites (N-methyl/N-ethyl adjacent to an activating group) is 1. The van der Waals surface area contributed by atoms with E-state index in [4.69, 9.17) is 0 Å². The molecule has 0 saturated heterocycles. The molecule has 0 fully saturated rings. The molecule has 22 heavy (non-hydrogen) atoms. The Morgan fingerprint density at radius 2 is 1.73 bits per heavy atom. The molecule has 1 aliphatic rings.